The average Bonchev–Trinajstić information content (AvgIpc) is 3.12. The highest BCUT2D eigenvalue weighted by Gasteiger charge is 2.37. The van der Waals surface area contributed by atoms with E-state index >= 15 is 0 Å². The lowest BCUT2D eigenvalue weighted by Crippen LogP contribution is -2.47. The Kier molecular flexibility index (Phi) is 7.49. The molecule has 2 saturated carbocycles. The lowest BCUT2D eigenvalue weighted by molar-refractivity contribution is -0.124. The van der Waals surface area contributed by atoms with Crippen molar-refractivity contribution in [3.8, 4) is 11.8 Å². The SMILES string of the molecule is CC(C)(C)C#Cc1cc(N(C(=O)[C@H]2CC[C@H](C)CC2)C2CCC(N)CC2)c(C(=O)O)s1. The summed E-state index contributed by atoms with van der Waals surface area (Å²) < 4.78 is 0. The molecular weight excluding hydrogens is 408 g/mol. The molecule has 0 bridgehead atoms. The van der Waals surface area contributed by atoms with Crippen LogP contribution >= 0.6 is 11.3 Å². The second kappa shape index (κ2) is 9.75. The first kappa shape index (κ1) is 23.8. The van der Waals surface area contributed by atoms with Gasteiger partial charge in [0.2, 0.25) is 5.91 Å². The van der Waals surface area contributed by atoms with Crippen LogP contribution < -0.4 is 10.6 Å². The minimum Gasteiger partial charge on any atom is -0.477 e. The number of carbonyl (C=O) groups is 2. The number of thiophene rings is 1. The monoisotopic (exact) mass is 444 g/mol. The molecule has 170 valence electrons. The van der Waals surface area contributed by atoms with Gasteiger partial charge in [-0.15, -0.1) is 11.3 Å². The number of nitrogens with two attached hydrogens (primary N) is 1. The van der Waals surface area contributed by atoms with Crippen molar-refractivity contribution in [1.82, 2.24) is 0 Å². The normalized spacial score (nSPS) is 26.6. The summed E-state index contributed by atoms with van der Waals surface area (Å²) in [6.07, 6.45) is 7.22. The van der Waals surface area contributed by atoms with Gasteiger partial charge in [0.15, 0.2) is 0 Å². The number of anilines is 1. The van der Waals surface area contributed by atoms with Crippen LogP contribution in [0.15, 0.2) is 6.07 Å². The molecule has 0 radical (unpaired) electrons. The van der Waals surface area contributed by atoms with Crippen molar-refractivity contribution in [3.63, 3.8) is 0 Å². The van der Waals surface area contributed by atoms with Gasteiger partial charge < -0.3 is 15.7 Å². The van der Waals surface area contributed by atoms with Crippen molar-refractivity contribution >= 4 is 28.9 Å². The van der Waals surface area contributed by atoms with E-state index in [1.54, 1.807) is 0 Å². The second-order valence-corrected chi connectivity index (χ2v) is 11.4. The Morgan fingerprint density at radius 2 is 1.71 bits per heavy atom. The number of aromatic carboxylic acids is 1. The van der Waals surface area contributed by atoms with Crippen molar-refractivity contribution in [2.24, 2.45) is 23.0 Å². The minimum absolute atomic E-state index is 0.00257. The third-order valence-electron chi connectivity index (χ3n) is 6.44. The number of nitrogens with zero attached hydrogens (tertiary/aromatic N) is 1. The summed E-state index contributed by atoms with van der Waals surface area (Å²) in [4.78, 5) is 28.6. The van der Waals surface area contributed by atoms with Gasteiger partial charge in [0.05, 0.1) is 10.6 Å². The Morgan fingerprint density at radius 1 is 1.10 bits per heavy atom. The van der Waals surface area contributed by atoms with E-state index < -0.39 is 5.97 Å². The van der Waals surface area contributed by atoms with Crippen LogP contribution in [-0.4, -0.2) is 29.1 Å². The van der Waals surface area contributed by atoms with E-state index in [-0.39, 0.29) is 34.2 Å². The Labute approximate surface area is 190 Å². The number of hydrogen-bond acceptors (Lipinski definition) is 4. The molecule has 3 rings (SSSR count). The fourth-order valence-corrected chi connectivity index (χ4v) is 5.42. The van der Waals surface area contributed by atoms with Crippen LogP contribution in [0.3, 0.4) is 0 Å². The largest absolute Gasteiger partial charge is 0.477 e. The molecule has 0 spiro atoms. The molecule has 0 saturated heterocycles. The summed E-state index contributed by atoms with van der Waals surface area (Å²) in [5, 5.41) is 9.93. The molecule has 1 amide bonds. The summed E-state index contributed by atoms with van der Waals surface area (Å²) in [6, 6.07) is 1.99. The Morgan fingerprint density at radius 3 is 2.26 bits per heavy atom. The zero-order valence-electron chi connectivity index (χ0n) is 19.2. The van der Waals surface area contributed by atoms with Gasteiger partial charge in [0, 0.05) is 23.4 Å². The van der Waals surface area contributed by atoms with Crippen LogP contribution in [0.2, 0.25) is 0 Å². The molecule has 0 aliphatic heterocycles. The fourth-order valence-electron chi connectivity index (χ4n) is 4.58. The maximum Gasteiger partial charge on any atom is 0.348 e. The molecule has 5 nitrogen and oxygen atoms in total. The van der Waals surface area contributed by atoms with Crippen molar-refractivity contribution in [3.05, 3.63) is 15.8 Å². The van der Waals surface area contributed by atoms with Gasteiger partial charge in [0.25, 0.3) is 0 Å². The van der Waals surface area contributed by atoms with Crippen LogP contribution in [0.25, 0.3) is 0 Å². The Hall–Kier alpha value is -1.84. The van der Waals surface area contributed by atoms with Gasteiger partial charge >= 0.3 is 5.97 Å². The van der Waals surface area contributed by atoms with Gasteiger partial charge in [-0.25, -0.2) is 4.79 Å². The van der Waals surface area contributed by atoms with Crippen LogP contribution in [-0.2, 0) is 4.79 Å². The van der Waals surface area contributed by atoms with E-state index in [1.807, 2.05) is 31.7 Å². The molecule has 0 aromatic carbocycles. The lowest BCUT2D eigenvalue weighted by Gasteiger charge is -2.39. The average molecular weight is 445 g/mol. The highest BCUT2D eigenvalue weighted by Crippen LogP contribution is 2.38. The zero-order valence-corrected chi connectivity index (χ0v) is 20.1. The van der Waals surface area contributed by atoms with E-state index in [2.05, 4.69) is 18.8 Å². The van der Waals surface area contributed by atoms with Crippen LogP contribution in [0.1, 0.15) is 93.6 Å². The molecule has 3 N–H and O–H groups in total. The molecule has 2 aliphatic rings. The van der Waals surface area contributed by atoms with Crippen LogP contribution in [0.4, 0.5) is 5.69 Å². The first-order chi connectivity index (χ1) is 14.5. The van der Waals surface area contributed by atoms with Gasteiger partial charge in [-0.3, -0.25) is 4.79 Å². The molecule has 31 heavy (non-hydrogen) atoms. The highest BCUT2D eigenvalue weighted by atomic mass is 32.1. The quantitative estimate of drug-likeness (QED) is 0.620. The summed E-state index contributed by atoms with van der Waals surface area (Å²) in [6.45, 7) is 8.32. The van der Waals surface area contributed by atoms with Gasteiger partial charge in [-0.2, -0.15) is 0 Å². The van der Waals surface area contributed by atoms with Crippen molar-refractivity contribution in [1.29, 1.82) is 0 Å². The third kappa shape index (κ3) is 6.11. The Balaban J connectivity index is 1.99. The molecule has 0 unspecified atom stereocenters. The Bertz CT molecular complexity index is 858. The second-order valence-electron chi connectivity index (χ2n) is 10.4. The summed E-state index contributed by atoms with van der Waals surface area (Å²) in [5.74, 6) is 6.04. The molecule has 2 fully saturated rings. The van der Waals surface area contributed by atoms with E-state index in [1.165, 1.54) is 11.3 Å². The van der Waals surface area contributed by atoms with Crippen LogP contribution in [0, 0.1) is 29.1 Å². The summed E-state index contributed by atoms with van der Waals surface area (Å²) >= 11 is 1.17. The summed E-state index contributed by atoms with van der Waals surface area (Å²) in [7, 11) is 0. The zero-order chi connectivity index (χ0) is 22.8. The number of carbonyl (C=O) groups excluding carboxylic acids is 1. The molecule has 1 heterocycles. The maximum absolute atomic E-state index is 13.8. The predicted molar refractivity (Wildman–Crippen MR) is 126 cm³/mol. The topological polar surface area (TPSA) is 83.6 Å². The standard InChI is InChI=1S/C25H36N2O3S/c1-16-5-7-17(8-6-16)23(28)27(19-11-9-18(26)10-12-19)21-15-20(13-14-25(2,3)4)31-22(21)24(29)30/h15-19H,5-12,26H2,1-4H3,(H,29,30)/t16-,17-,18?,19?. The van der Waals surface area contributed by atoms with Crippen LogP contribution in [0.5, 0.6) is 0 Å². The molecular formula is C25H36N2O3S. The number of hydrogen-bond donors (Lipinski definition) is 2. The third-order valence-corrected chi connectivity index (χ3v) is 7.46. The smallest absolute Gasteiger partial charge is 0.348 e. The van der Waals surface area contributed by atoms with Crippen molar-refractivity contribution < 1.29 is 14.7 Å². The highest BCUT2D eigenvalue weighted by molar-refractivity contribution is 7.15. The summed E-state index contributed by atoms with van der Waals surface area (Å²) in [5.41, 5.74) is 6.47. The number of carboxylic acid groups (broad SMARTS) is 1. The van der Waals surface area contributed by atoms with Gasteiger partial charge in [-0.05, 0) is 84.1 Å². The molecule has 1 aromatic heterocycles. The van der Waals surface area contributed by atoms with E-state index in [0.29, 0.717) is 16.5 Å². The molecule has 0 atom stereocenters. The first-order valence-corrected chi connectivity index (χ1v) is 12.4. The lowest BCUT2D eigenvalue weighted by atomic mass is 9.81. The van der Waals surface area contributed by atoms with E-state index in [4.69, 9.17) is 5.73 Å². The van der Waals surface area contributed by atoms with E-state index in [9.17, 15) is 14.7 Å². The molecule has 2 aliphatic carbocycles. The molecule has 6 heteroatoms. The number of amides is 1. The number of carboxylic acids is 1. The van der Waals surface area contributed by atoms with Gasteiger partial charge in [0.1, 0.15) is 4.88 Å². The fraction of sp³-hybridized carbons (Fsp3) is 0.680. The predicted octanol–water partition coefficient (Wildman–Crippen LogP) is 5.27. The number of rotatable bonds is 4. The first-order valence-electron chi connectivity index (χ1n) is 11.5. The van der Waals surface area contributed by atoms with Crippen molar-refractivity contribution in [2.45, 2.75) is 91.1 Å². The maximum atomic E-state index is 13.8. The minimum atomic E-state index is -0.994. The van der Waals surface area contributed by atoms with Gasteiger partial charge in [-0.1, -0.05) is 18.8 Å². The molecule has 1 aromatic rings. The van der Waals surface area contributed by atoms with Crippen molar-refractivity contribution in [2.75, 3.05) is 4.90 Å². The van der Waals surface area contributed by atoms with E-state index in [0.717, 1.165) is 51.4 Å².